The van der Waals surface area contributed by atoms with Gasteiger partial charge in [-0.05, 0) is 20.3 Å². The molecule has 96 valence electrons. The molecule has 0 saturated carbocycles. The predicted molar refractivity (Wildman–Crippen MR) is 62.3 cm³/mol. The molecule has 2 unspecified atom stereocenters. The van der Waals surface area contributed by atoms with E-state index in [-0.39, 0.29) is 18.9 Å². The van der Waals surface area contributed by atoms with Crippen molar-refractivity contribution < 1.29 is 14.7 Å². The maximum Gasteiger partial charge on any atom is 0.329 e. The summed E-state index contributed by atoms with van der Waals surface area (Å²) >= 11 is 0. The molecule has 0 aliphatic rings. The predicted octanol–water partition coefficient (Wildman–Crippen LogP) is 1.18. The van der Waals surface area contributed by atoms with Gasteiger partial charge < -0.3 is 15.3 Å². The first kappa shape index (κ1) is 15.2. The second-order valence-electron chi connectivity index (χ2n) is 4.24. The average molecular weight is 241 g/mol. The van der Waals surface area contributed by atoms with Gasteiger partial charge in [-0.2, -0.15) is 5.26 Å². The Morgan fingerprint density at radius 3 is 2.47 bits per heavy atom. The summed E-state index contributed by atoms with van der Waals surface area (Å²) in [6.07, 6.45) is 0.494. The van der Waals surface area contributed by atoms with Crippen LogP contribution in [0.4, 0.5) is 4.79 Å². The van der Waals surface area contributed by atoms with Crippen LogP contribution in [-0.4, -0.2) is 40.6 Å². The van der Waals surface area contributed by atoms with Crippen LogP contribution in [0.1, 0.15) is 33.6 Å². The molecule has 6 nitrogen and oxygen atoms in total. The van der Waals surface area contributed by atoms with Crippen molar-refractivity contribution >= 4 is 12.0 Å². The molecule has 0 aromatic heterocycles. The van der Waals surface area contributed by atoms with Crippen LogP contribution in [0.15, 0.2) is 0 Å². The van der Waals surface area contributed by atoms with Crippen molar-refractivity contribution in [2.45, 2.75) is 45.2 Å². The zero-order valence-corrected chi connectivity index (χ0v) is 10.6. The molecule has 0 saturated heterocycles. The first-order valence-electron chi connectivity index (χ1n) is 5.43. The monoisotopic (exact) mass is 241 g/mol. The van der Waals surface area contributed by atoms with Crippen LogP contribution < -0.4 is 5.32 Å². The van der Waals surface area contributed by atoms with Crippen LogP contribution in [0, 0.1) is 11.3 Å². The van der Waals surface area contributed by atoms with Crippen LogP contribution in [0.2, 0.25) is 0 Å². The normalized spacial score (nSPS) is 15.2. The van der Waals surface area contributed by atoms with Crippen LogP contribution in [0.3, 0.4) is 0 Å². The van der Waals surface area contributed by atoms with E-state index in [0.29, 0.717) is 0 Å². The van der Waals surface area contributed by atoms with Crippen molar-refractivity contribution in [1.82, 2.24) is 10.2 Å². The Kier molecular flexibility index (Phi) is 5.45. The first-order chi connectivity index (χ1) is 7.78. The molecule has 17 heavy (non-hydrogen) atoms. The number of rotatable bonds is 5. The number of aliphatic carboxylic acids is 1. The van der Waals surface area contributed by atoms with Gasteiger partial charge in [-0.15, -0.1) is 0 Å². The molecule has 6 heteroatoms. The number of nitrogens with zero attached hydrogens (tertiary/aromatic N) is 2. The van der Waals surface area contributed by atoms with Gasteiger partial charge in [-0.25, -0.2) is 9.59 Å². The molecule has 0 spiro atoms. The van der Waals surface area contributed by atoms with Gasteiger partial charge in [0.15, 0.2) is 0 Å². The summed E-state index contributed by atoms with van der Waals surface area (Å²) in [4.78, 5) is 24.1. The third kappa shape index (κ3) is 3.94. The molecule has 0 rings (SSSR count). The van der Waals surface area contributed by atoms with Gasteiger partial charge in [0.05, 0.1) is 12.5 Å². The van der Waals surface area contributed by atoms with E-state index in [1.807, 2.05) is 6.07 Å². The molecule has 2 amide bonds. The zero-order valence-electron chi connectivity index (χ0n) is 10.6. The molecular formula is C11H19N3O3. The van der Waals surface area contributed by atoms with Gasteiger partial charge in [0.2, 0.25) is 0 Å². The number of urea groups is 1. The van der Waals surface area contributed by atoms with Gasteiger partial charge in [-0.1, -0.05) is 6.92 Å². The molecule has 0 heterocycles. The van der Waals surface area contributed by atoms with Gasteiger partial charge in [0.1, 0.15) is 5.54 Å². The zero-order chi connectivity index (χ0) is 13.6. The summed E-state index contributed by atoms with van der Waals surface area (Å²) in [6, 6.07) is 1.22. The van der Waals surface area contributed by atoms with Crippen molar-refractivity contribution in [3.05, 3.63) is 0 Å². The van der Waals surface area contributed by atoms with Gasteiger partial charge in [-0.3, -0.25) is 0 Å². The summed E-state index contributed by atoms with van der Waals surface area (Å²) in [5, 5.41) is 20.0. The Bertz CT molecular complexity index is 337. The Balaban J connectivity index is 4.64. The van der Waals surface area contributed by atoms with E-state index in [1.165, 1.54) is 18.9 Å². The number of carbonyl (C=O) groups excluding carboxylic acids is 1. The fourth-order valence-corrected chi connectivity index (χ4v) is 1.09. The smallest absolute Gasteiger partial charge is 0.329 e. The highest BCUT2D eigenvalue weighted by molar-refractivity contribution is 5.85. The molecule has 2 N–H and O–H groups in total. The third-order valence-electron chi connectivity index (χ3n) is 2.93. The van der Waals surface area contributed by atoms with Gasteiger partial charge in [0.25, 0.3) is 0 Å². The molecule has 0 fully saturated rings. The van der Waals surface area contributed by atoms with E-state index in [0.717, 1.165) is 0 Å². The topological polar surface area (TPSA) is 93.4 Å². The van der Waals surface area contributed by atoms with Crippen LogP contribution in [0.5, 0.6) is 0 Å². The lowest BCUT2D eigenvalue weighted by Crippen LogP contribution is -2.56. The van der Waals surface area contributed by atoms with Gasteiger partial charge >= 0.3 is 12.0 Å². The van der Waals surface area contributed by atoms with Crippen molar-refractivity contribution in [3.8, 4) is 6.07 Å². The SMILES string of the molecule is CCC(C)(NC(=O)N(C)C(C)CC#N)C(=O)O. The second kappa shape index (κ2) is 6.09. The summed E-state index contributed by atoms with van der Waals surface area (Å²) in [6.45, 7) is 4.87. The molecule has 0 bridgehead atoms. The Hall–Kier alpha value is -1.77. The standard InChI is InChI=1S/C11H19N3O3/c1-5-11(3,9(15)16)13-10(17)14(4)8(2)6-7-12/h8H,5-6H2,1-4H3,(H,13,17)(H,15,16). The van der Waals surface area contributed by atoms with Crippen molar-refractivity contribution in [3.63, 3.8) is 0 Å². The molecule has 2 atom stereocenters. The number of nitriles is 1. The first-order valence-corrected chi connectivity index (χ1v) is 5.43. The minimum Gasteiger partial charge on any atom is -0.480 e. The largest absolute Gasteiger partial charge is 0.480 e. The highest BCUT2D eigenvalue weighted by atomic mass is 16.4. The van der Waals surface area contributed by atoms with E-state index in [2.05, 4.69) is 5.32 Å². The minimum absolute atomic E-state index is 0.208. The highest BCUT2D eigenvalue weighted by Gasteiger charge is 2.34. The van der Waals surface area contributed by atoms with Crippen molar-refractivity contribution in [1.29, 1.82) is 5.26 Å². The van der Waals surface area contributed by atoms with E-state index in [9.17, 15) is 9.59 Å². The fraction of sp³-hybridized carbons (Fsp3) is 0.727. The van der Waals surface area contributed by atoms with Crippen LogP contribution >= 0.6 is 0 Å². The molecule has 0 aromatic carbocycles. The lowest BCUT2D eigenvalue weighted by Gasteiger charge is -2.30. The maximum absolute atomic E-state index is 11.8. The molecule has 0 aliphatic heterocycles. The minimum atomic E-state index is -1.28. The molecule has 0 aliphatic carbocycles. The number of hydrogen-bond donors (Lipinski definition) is 2. The van der Waals surface area contributed by atoms with Crippen molar-refractivity contribution in [2.24, 2.45) is 0 Å². The number of hydrogen-bond acceptors (Lipinski definition) is 3. The Morgan fingerprint density at radius 2 is 2.12 bits per heavy atom. The Morgan fingerprint density at radius 1 is 1.59 bits per heavy atom. The van der Waals surface area contributed by atoms with Crippen LogP contribution in [-0.2, 0) is 4.79 Å². The summed E-state index contributed by atoms with van der Waals surface area (Å²) in [7, 11) is 1.54. The van der Waals surface area contributed by atoms with E-state index in [1.54, 1.807) is 13.8 Å². The maximum atomic E-state index is 11.8. The summed E-state index contributed by atoms with van der Waals surface area (Å²) in [5.41, 5.74) is -1.28. The lowest BCUT2D eigenvalue weighted by atomic mass is 9.99. The highest BCUT2D eigenvalue weighted by Crippen LogP contribution is 2.11. The summed E-state index contributed by atoms with van der Waals surface area (Å²) in [5.74, 6) is -1.07. The second-order valence-corrected chi connectivity index (χ2v) is 4.24. The molecular weight excluding hydrogens is 222 g/mol. The number of nitrogens with one attached hydrogen (secondary N) is 1. The quantitative estimate of drug-likeness (QED) is 0.755. The van der Waals surface area contributed by atoms with Crippen molar-refractivity contribution in [2.75, 3.05) is 7.05 Å². The number of carbonyl (C=O) groups is 2. The van der Waals surface area contributed by atoms with E-state index >= 15 is 0 Å². The van der Waals surface area contributed by atoms with E-state index < -0.39 is 17.5 Å². The van der Waals surface area contributed by atoms with E-state index in [4.69, 9.17) is 10.4 Å². The number of carboxylic acids is 1. The number of amides is 2. The molecule has 0 aromatic rings. The lowest BCUT2D eigenvalue weighted by molar-refractivity contribution is -0.143. The number of carboxylic acid groups (broad SMARTS) is 1. The average Bonchev–Trinajstić information content (AvgIpc) is 2.27. The van der Waals surface area contributed by atoms with Crippen LogP contribution in [0.25, 0.3) is 0 Å². The molecule has 0 radical (unpaired) electrons. The Labute approximate surface area is 101 Å². The van der Waals surface area contributed by atoms with Gasteiger partial charge in [0, 0.05) is 13.1 Å². The third-order valence-corrected chi connectivity index (χ3v) is 2.93. The fourth-order valence-electron chi connectivity index (χ4n) is 1.09. The summed E-state index contributed by atoms with van der Waals surface area (Å²) < 4.78 is 0.